The lowest BCUT2D eigenvalue weighted by molar-refractivity contribution is -0.144. The number of carbonyl (C=O) groups excluding carboxylic acids is 4. The molecule has 0 aliphatic carbocycles. The van der Waals surface area contributed by atoms with Gasteiger partial charge in [-0.3, -0.25) is 19.2 Å². The molecule has 0 aliphatic rings. The fourth-order valence-electron chi connectivity index (χ4n) is 4.65. The van der Waals surface area contributed by atoms with E-state index in [0.29, 0.717) is 72.2 Å². The Morgan fingerprint density at radius 1 is 0.600 bits per heavy atom. The third kappa shape index (κ3) is 26.9. The van der Waals surface area contributed by atoms with Crippen LogP contribution < -0.4 is 21.3 Å². The van der Waals surface area contributed by atoms with Gasteiger partial charge in [0, 0.05) is 44.5 Å². The zero-order valence-corrected chi connectivity index (χ0v) is 31.2. The zero-order valence-electron chi connectivity index (χ0n) is 31.2. The van der Waals surface area contributed by atoms with E-state index in [-0.39, 0.29) is 87.9 Å². The van der Waals surface area contributed by atoms with Crippen molar-refractivity contribution >= 4 is 29.6 Å². The number of carboxylic acid groups (broad SMARTS) is 1. The molecule has 292 valence electrons. The molecular weight excluding hydrogens is 656 g/mol. The van der Waals surface area contributed by atoms with Crippen LogP contribution in [0.5, 0.6) is 0 Å². The van der Waals surface area contributed by atoms with E-state index in [1.165, 1.54) is 0 Å². The van der Waals surface area contributed by atoms with Gasteiger partial charge in [-0.25, -0.2) is 4.79 Å². The van der Waals surface area contributed by atoms with Gasteiger partial charge in [0.2, 0.25) is 23.6 Å². The molecule has 0 heterocycles. The summed E-state index contributed by atoms with van der Waals surface area (Å²) in [6, 6.07) is -1.16. The summed E-state index contributed by atoms with van der Waals surface area (Å²) in [5.41, 5.74) is -0.821. The number of ether oxygens (including phenoxy) is 6. The number of rotatable bonds is 32. The molecule has 2 unspecified atom stereocenters. The predicted molar refractivity (Wildman–Crippen MR) is 186 cm³/mol. The first-order chi connectivity index (χ1) is 23.7. The van der Waals surface area contributed by atoms with Gasteiger partial charge in [0.25, 0.3) is 0 Å². The van der Waals surface area contributed by atoms with Gasteiger partial charge < -0.3 is 54.8 Å². The Balaban J connectivity index is 3.77. The lowest BCUT2D eigenvalue weighted by atomic mass is 9.72. The minimum absolute atomic E-state index is 0.0329. The van der Waals surface area contributed by atoms with E-state index in [0.717, 1.165) is 0 Å². The SMILES string of the molecule is CCOCCOCCNC(=O)CCOCCOCCNC(=O)COCCOCCNC(=O)CCC(NC(=O)C(C)(CC)CC(C)(C)C)C(=O)O. The Hall–Kier alpha value is -2.89. The highest BCUT2D eigenvalue weighted by Crippen LogP contribution is 2.36. The van der Waals surface area contributed by atoms with Gasteiger partial charge in [-0.05, 0) is 31.6 Å². The number of hydrogen-bond acceptors (Lipinski definition) is 11. The first kappa shape index (κ1) is 47.1. The standard InChI is InChI=1S/C34H64N4O12/c1-7-34(6,26-33(3,4)5)32(44)38-27(31(42)43)9-10-28(39)35-12-16-49-23-24-50-25-30(41)37-14-18-48-22-21-46-15-11-29(40)36-13-17-47-20-19-45-8-2/h27H,7-26H2,1-6H3,(H,35,39)(H,36,40)(H,37,41)(H,38,44)(H,42,43). The van der Waals surface area contributed by atoms with Crippen LogP contribution in [0.3, 0.4) is 0 Å². The normalized spacial score (nSPS) is 13.2. The average Bonchev–Trinajstić information content (AvgIpc) is 3.05. The van der Waals surface area contributed by atoms with Crippen LogP contribution in [0, 0.1) is 10.8 Å². The van der Waals surface area contributed by atoms with Gasteiger partial charge in [-0.2, -0.15) is 0 Å². The summed E-state index contributed by atoms with van der Waals surface area (Å²) in [5.74, 6) is -2.28. The highest BCUT2D eigenvalue weighted by atomic mass is 16.5. The second-order valence-corrected chi connectivity index (χ2v) is 13.1. The van der Waals surface area contributed by atoms with E-state index >= 15 is 0 Å². The quantitative estimate of drug-likeness (QED) is 0.0618. The number of carbonyl (C=O) groups is 5. The molecule has 0 aromatic heterocycles. The molecule has 0 aromatic carbocycles. The topological polar surface area (TPSA) is 209 Å². The Morgan fingerprint density at radius 2 is 1.06 bits per heavy atom. The minimum atomic E-state index is -1.19. The molecule has 0 saturated carbocycles. The lowest BCUT2D eigenvalue weighted by Gasteiger charge is -2.34. The second kappa shape index (κ2) is 28.8. The maximum absolute atomic E-state index is 12.9. The van der Waals surface area contributed by atoms with Crippen LogP contribution in [0.2, 0.25) is 0 Å². The molecule has 2 atom stereocenters. The smallest absolute Gasteiger partial charge is 0.326 e. The van der Waals surface area contributed by atoms with Crippen molar-refractivity contribution in [3.63, 3.8) is 0 Å². The molecule has 0 radical (unpaired) electrons. The summed E-state index contributed by atoms with van der Waals surface area (Å²) in [7, 11) is 0. The molecule has 16 nitrogen and oxygen atoms in total. The molecule has 0 spiro atoms. The number of carboxylic acids is 1. The van der Waals surface area contributed by atoms with Crippen molar-refractivity contribution < 1.29 is 57.5 Å². The molecule has 0 saturated heterocycles. The summed E-state index contributed by atoms with van der Waals surface area (Å²) in [6.07, 6.45) is 1.31. The van der Waals surface area contributed by atoms with Gasteiger partial charge in [0.05, 0.1) is 66.1 Å². The maximum atomic E-state index is 12.9. The van der Waals surface area contributed by atoms with E-state index in [1.807, 2.05) is 41.5 Å². The average molecular weight is 721 g/mol. The number of aliphatic carboxylic acids is 1. The summed E-state index contributed by atoms with van der Waals surface area (Å²) < 4.78 is 31.9. The fourth-order valence-corrected chi connectivity index (χ4v) is 4.65. The van der Waals surface area contributed by atoms with Crippen molar-refractivity contribution in [2.45, 2.75) is 79.7 Å². The van der Waals surface area contributed by atoms with Gasteiger partial charge >= 0.3 is 5.97 Å². The Bertz CT molecular complexity index is 963. The molecule has 50 heavy (non-hydrogen) atoms. The molecule has 0 fully saturated rings. The third-order valence-electron chi connectivity index (χ3n) is 7.24. The minimum Gasteiger partial charge on any atom is -0.480 e. The summed E-state index contributed by atoms with van der Waals surface area (Å²) in [4.78, 5) is 60.4. The Kier molecular flexibility index (Phi) is 27.1. The van der Waals surface area contributed by atoms with E-state index in [9.17, 15) is 29.1 Å². The van der Waals surface area contributed by atoms with E-state index in [1.54, 1.807) is 0 Å². The largest absolute Gasteiger partial charge is 0.480 e. The molecule has 0 aliphatic heterocycles. The van der Waals surface area contributed by atoms with Crippen LogP contribution in [0.1, 0.15) is 73.6 Å². The molecular formula is C34H64N4O12. The molecule has 0 aromatic rings. The summed E-state index contributed by atoms with van der Waals surface area (Å²) in [6.45, 7) is 16.5. The van der Waals surface area contributed by atoms with Crippen molar-refractivity contribution in [3.8, 4) is 0 Å². The first-order valence-electron chi connectivity index (χ1n) is 17.5. The van der Waals surface area contributed by atoms with E-state index in [2.05, 4.69) is 21.3 Å². The van der Waals surface area contributed by atoms with Crippen LogP contribution in [0.25, 0.3) is 0 Å². The van der Waals surface area contributed by atoms with Crippen molar-refractivity contribution in [2.24, 2.45) is 10.8 Å². The third-order valence-corrected chi connectivity index (χ3v) is 7.24. The van der Waals surface area contributed by atoms with Crippen molar-refractivity contribution in [1.29, 1.82) is 0 Å². The van der Waals surface area contributed by atoms with Crippen molar-refractivity contribution in [1.82, 2.24) is 21.3 Å². The fraction of sp³-hybridized carbons (Fsp3) is 0.853. The highest BCUT2D eigenvalue weighted by Gasteiger charge is 2.37. The lowest BCUT2D eigenvalue weighted by Crippen LogP contribution is -2.48. The predicted octanol–water partition coefficient (Wildman–Crippen LogP) is 1.05. The zero-order chi connectivity index (χ0) is 37.7. The number of nitrogens with one attached hydrogen (secondary N) is 4. The van der Waals surface area contributed by atoms with Crippen LogP contribution in [0.15, 0.2) is 0 Å². The Labute approximate surface area is 297 Å². The number of hydrogen-bond donors (Lipinski definition) is 5. The molecule has 5 N–H and O–H groups in total. The number of amides is 4. The van der Waals surface area contributed by atoms with Gasteiger partial charge in [0.15, 0.2) is 0 Å². The summed E-state index contributed by atoms with van der Waals surface area (Å²) >= 11 is 0. The van der Waals surface area contributed by atoms with Crippen LogP contribution in [-0.2, 0) is 52.4 Å². The summed E-state index contributed by atoms with van der Waals surface area (Å²) in [5, 5.41) is 20.3. The molecule has 0 bridgehead atoms. The van der Waals surface area contributed by atoms with Gasteiger partial charge in [-0.1, -0.05) is 34.6 Å². The second-order valence-electron chi connectivity index (χ2n) is 13.1. The van der Waals surface area contributed by atoms with Crippen LogP contribution >= 0.6 is 0 Å². The first-order valence-corrected chi connectivity index (χ1v) is 17.5. The highest BCUT2D eigenvalue weighted by molar-refractivity contribution is 5.87. The van der Waals surface area contributed by atoms with Crippen LogP contribution in [-0.4, -0.2) is 140 Å². The molecule has 16 heteroatoms. The molecule has 4 amide bonds. The van der Waals surface area contributed by atoms with Crippen molar-refractivity contribution in [3.05, 3.63) is 0 Å². The maximum Gasteiger partial charge on any atom is 0.326 e. The van der Waals surface area contributed by atoms with Gasteiger partial charge in [0.1, 0.15) is 12.6 Å². The van der Waals surface area contributed by atoms with E-state index < -0.39 is 17.4 Å². The van der Waals surface area contributed by atoms with Crippen molar-refractivity contribution in [2.75, 3.05) is 98.9 Å². The molecule has 0 rings (SSSR count). The Morgan fingerprint density at radius 3 is 1.54 bits per heavy atom. The van der Waals surface area contributed by atoms with Gasteiger partial charge in [-0.15, -0.1) is 0 Å². The monoisotopic (exact) mass is 720 g/mol. The van der Waals surface area contributed by atoms with Crippen LogP contribution in [0.4, 0.5) is 0 Å². The van der Waals surface area contributed by atoms with E-state index in [4.69, 9.17) is 28.4 Å².